The summed E-state index contributed by atoms with van der Waals surface area (Å²) < 4.78 is 5.44. The second-order valence-electron chi connectivity index (χ2n) is 2.79. The lowest BCUT2D eigenvalue weighted by molar-refractivity contribution is 0.463. The molecule has 2 nitrogen and oxygen atoms in total. The molecule has 0 amide bonds. The summed E-state index contributed by atoms with van der Waals surface area (Å²) in [7, 11) is 0. The van der Waals surface area contributed by atoms with Gasteiger partial charge in [0.1, 0.15) is 5.75 Å². The monoisotopic (exact) mass is 238 g/mol. The molecule has 0 saturated heterocycles. The second kappa shape index (κ2) is 4.51. The third-order valence-corrected chi connectivity index (χ3v) is 2.10. The number of pyridine rings is 1. The van der Waals surface area contributed by atoms with Crippen molar-refractivity contribution in [2.45, 2.75) is 0 Å². The van der Waals surface area contributed by atoms with Crippen molar-refractivity contribution < 1.29 is 4.74 Å². The Morgan fingerprint density at radius 3 is 2.73 bits per heavy atom. The first-order valence-corrected chi connectivity index (χ1v) is 4.96. The van der Waals surface area contributed by atoms with Gasteiger partial charge in [-0.2, -0.15) is 0 Å². The van der Waals surface area contributed by atoms with Crippen LogP contribution in [0.1, 0.15) is 0 Å². The average molecular weight is 239 g/mol. The summed E-state index contributed by atoms with van der Waals surface area (Å²) in [6.45, 7) is 0. The molecule has 4 heteroatoms. The van der Waals surface area contributed by atoms with Crippen molar-refractivity contribution in [3.63, 3.8) is 0 Å². The molecular formula is C11H6Cl2NO. The maximum atomic E-state index is 5.76. The van der Waals surface area contributed by atoms with E-state index in [1.54, 1.807) is 30.3 Å². The van der Waals surface area contributed by atoms with Gasteiger partial charge in [0.25, 0.3) is 0 Å². The molecule has 1 aromatic carbocycles. The molecule has 0 atom stereocenters. The predicted molar refractivity (Wildman–Crippen MR) is 59.6 cm³/mol. The highest BCUT2D eigenvalue weighted by Crippen LogP contribution is 2.22. The first-order chi connectivity index (χ1) is 7.24. The van der Waals surface area contributed by atoms with Crippen LogP contribution in [0.25, 0.3) is 0 Å². The SMILES string of the molecule is Clc1[c]ccc(Oc2ccc(Cl)cn2)c1. The molecule has 0 aliphatic heterocycles. The summed E-state index contributed by atoms with van der Waals surface area (Å²) in [5.74, 6) is 1.09. The second-order valence-corrected chi connectivity index (χ2v) is 3.63. The number of rotatable bonds is 2. The molecule has 2 rings (SSSR count). The highest BCUT2D eigenvalue weighted by atomic mass is 35.5. The van der Waals surface area contributed by atoms with Gasteiger partial charge in [-0.3, -0.25) is 0 Å². The fourth-order valence-corrected chi connectivity index (χ4v) is 1.31. The zero-order valence-corrected chi connectivity index (χ0v) is 9.09. The van der Waals surface area contributed by atoms with E-state index in [1.807, 2.05) is 0 Å². The Kier molecular flexibility index (Phi) is 3.09. The van der Waals surface area contributed by atoms with E-state index in [1.165, 1.54) is 6.20 Å². The summed E-state index contributed by atoms with van der Waals surface area (Å²) in [6.07, 6.45) is 1.52. The van der Waals surface area contributed by atoms with Crippen molar-refractivity contribution in [2.75, 3.05) is 0 Å². The Morgan fingerprint density at radius 1 is 1.20 bits per heavy atom. The minimum Gasteiger partial charge on any atom is -0.439 e. The van der Waals surface area contributed by atoms with E-state index in [0.717, 1.165) is 0 Å². The summed E-state index contributed by atoms with van der Waals surface area (Å²) in [5.41, 5.74) is 0. The van der Waals surface area contributed by atoms with Crippen molar-refractivity contribution in [3.8, 4) is 11.6 Å². The minimum absolute atomic E-state index is 0.474. The van der Waals surface area contributed by atoms with Crippen LogP contribution in [0.4, 0.5) is 0 Å². The number of hydrogen-bond donors (Lipinski definition) is 0. The molecule has 0 aliphatic carbocycles. The Bertz CT molecular complexity index is 456. The molecule has 0 bridgehead atoms. The third-order valence-electron chi connectivity index (χ3n) is 1.66. The van der Waals surface area contributed by atoms with Gasteiger partial charge in [0.2, 0.25) is 5.88 Å². The van der Waals surface area contributed by atoms with Crippen molar-refractivity contribution in [3.05, 3.63) is 52.6 Å². The first kappa shape index (κ1) is 10.3. The van der Waals surface area contributed by atoms with Gasteiger partial charge in [-0.15, -0.1) is 0 Å². The quantitative estimate of drug-likeness (QED) is 0.790. The molecule has 0 N–H and O–H groups in total. The number of ether oxygens (including phenoxy) is 1. The number of nitrogens with zero attached hydrogens (tertiary/aromatic N) is 1. The van der Waals surface area contributed by atoms with E-state index in [9.17, 15) is 0 Å². The molecule has 0 saturated carbocycles. The van der Waals surface area contributed by atoms with Gasteiger partial charge in [-0.1, -0.05) is 23.2 Å². The van der Waals surface area contributed by atoms with Crippen LogP contribution in [0, 0.1) is 6.07 Å². The standard InChI is InChI=1S/C11H6Cl2NO/c12-8-2-1-3-10(6-8)15-11-5-4-9(13)7-14-11/h1,3-7H. The minimum atomic E-state index is 0.474. The highest BCUT2D eigenvalue weighted by molar-refractivity contribution is 6.30. The van der Waals surface area contributed by atoms with Crippen molar-refractivity contribution in [2.24, 2.45) is 0 Å². The lowest BCUT2D eigenvalue weighted by Crippen LogP contribution is -1.86. The van der Waals surface area contributed by atoms with Crippen molar-refractivity contribution in [1.29, 1.82) is 0 Å². The lowest BCUT2D eigenvalue weighted by atomic mass is 10.3. The summed E-state index contributed by atoms with van der Waals surface area (Å²) in [4.78, 5) is 4.00. The number of aromatic nitrogens is 1. The van der Waals surface area contributed by atoms with Gasteiger partial charge in [0, 0.05) is 24.4 Å². The predicted octanol–water partition coefficient (Wildman–Crippen LogP) is 3.98. The fraction of sp³-hybridized carbons (Fsp3) is 0. The van der Waals surface area contributed by atoms with Crippen LogP contribution in [0.15, 0.2) is 36.5 Å². The van der Waals surface area contributed by atoms with Crippen LogP contribution >= 0.6 is 23.2 Å². The summed E-state index contributed by atoms with van der Waals surface area (Å²) >= 11 is 11.5. The number of benzene rings is 1. The third kappa shape index (κ3) is 2.85. The molecular weight excluding hydrogens is 233 g/mol. The van der Waals surface area contributed by atoms with Crippen LogP contribution < -0.4 is 4.74 Å². The Labute approximate surface area is 97.4 Å². The van der Waals surface area contributed by atoms with Crippen molar-refractivity contribution in [1.82, 2.24) is 4.98 Å². The van der Waals surface area contributed by atoms with Gasteiger partial charge < -0.3 is 4.74 Å². The fourth-order valence-electron chi connectivity index (χ4n) is 1.02. The Balaban J connectivity index is 2.18. The van der Waals surface area contributed by atoms with E-state index in [2.05, 4.69) is 11.1 Å². The maximum absolute atomic E-state index is 5.76. The Morgan fingerprint density at radius 2 is 2.07 bits per heavy atom. The first-order valence-electron chi connectivity index (χ1n) is 4.21. The molecule has 0 unspecified atom stereocenters. The van der Waals surface area contributed by atoms with E-state index in [4.69, 9.17) is 27.9 Å². The molecule has 1 heterocycles. The molecule has 15 heavy (non-hydrogen) atoms. The molecule has 0 aliphatic rings. The van der Waals surface area contributed by atoms with E-state index < -0.39 is 0 Å². The zero-order valence-electron chi connectivity index (χ0n) is 7.58. The lowest BCUT2D eigenvalue weighted by Gasteiger charge is -2.03. The molecule has 75 valence electrons. The van der Waals surface area contributed by atoms with Gasteiger partial charge in [0.15, 0.2) is 0 Å². The van der Waals surface area contributed by atoms with Gasteiger partial charge in [0.05, 0.1) is 10.0 Å². The van der Waals surface area contributed by atoms with Crippen LogP contribution in [-0.2, 0) is 0 Å². The van der Waals surface area contributed by atoms with Gasteiger partial charge in [-0.25, -0.2) is 4.98 Å². The average Bonchev–Trinajstić information content (AvgIpc) is 2.22. The van der Waals surface area contributed by atoms with Crippen LogP contribution in [-0.4, -0.2) is 4.98 Å². The van der Waals surface area contributed by atoms with E-state index >= 15 is 0 Å². The van der Waals surface area contributed by atoms with E-state index in [-0.39, 0.29) is 0 Å². The van der Waals surface area contributed by atoms with Gasteiger partial charge >= 0.3 is 0 Å². The maximum Gasteiger partial charge on any atom is 0.219 e. The molecule has 2 aromatic rings. The topological polar surface area (TPSA) is 22.1 Å². The highest BCUT2D eigenvalue weighted by Gasteiger charge is 1.99. The van der Waals surface area contributed by atoms with Crippen LogP contribution in [0.2, 0.25) is 10.0 Å². The largest absolute Gasteiger partial charge is 0.439 e. The molecule has 0 fully saturated rings. The van der Waals surface area contributed by atoms with Crippen molar-refractivity contribution >= 4 is 23.2 Å². The smallest absolute Gasteiger partial charge is 0.219 e. The summed E-state index contributed by atoms with van der Waals surface area (Å²) in [6, 6.07) is 11.3. The van der Waals surface area contributed by atoms with Crippen LogP contribution in [0.3, 0.4) is 0 Å². The zero-order chi connectivity index (χ0) is 10.7. The van der Waals surface area contributed by atoms with Crippen LogP contribution in [0.5, 0.6) is 11.6 Å². The Hall–Kier alpha value is -1.25. The molecule has 1 radical (unpaired) electrons. The number of hydrogen-bond acceptors (Lipinski definition) is 2. The van der Waals surface area contributed by atoms with E-state index in [0.29, 0.717) is 21.7 Å². The molecule has 0 spiro atoms. The van der Waals surface area contributed by atoms with Gasteiger partial charge in [-0.05, 0) is 18.2 Å². The normalized spacial score (nSPS) is 10.0. The summed E-state index contributed by atoms with van der Waals surface area (Å²) in [5, 5.41) is 1.07. The molecule has 1 aromatic heterocycles. The number of halogens is 2.